The number of aromatic nitrogens is 2. The minimum atomic E-state index is -0.435. The molecule has 0 fully saturated rings. The standard InChI is InChI=1S/C21H18N4O4S/c1-3-29-18-10-5-4-9-16(18)22-20(26)19-13(2)24-12-17(23-21(24)30-19)14-7-6-8-15(11-14)25(27)28/h4-12H,3H2,1-2H3,(H,22,26). The van der Waals surface area contributed by atoms with Gasteiger partial charge in [0.2, 0.25) is 0 Å². The minimum absolute atomic E-state index is 0.00797. The van der Waals surface area contributed by atoms with Crippen molar-refractivity contribution in [3.8, 4) is 17.0 Å². The van der Waals surface area contributed by atoms with E-state index < -0.39 is 4.92 Å². The number of nitrogens with zero attached hydrogens (tertiary/aromatic N) is 3. The maximum Gasteiger partial charge on any atom is 0.270 e. The number of imidazole rings is 1. The Kier molecular flexibility index (Phi) is 5.20. The van der Waals surface area contributed by atoms with Crippen LogP contribution in [-0.4, -0.2) is 26.8 Å². The molecule has 0 unspecified atom stereocenters. The molecule has 2 aromatic heterocycles. The smallest absolute Gasteiger partial charge is 0.270 e. The second-order valence-corrected chi connectivity index (χ2v) is 7.46. The van der Waals surface area contributed by atoms with Crippen LogP contribution in [0.4, 0.5) is 11.4 Å². The van der Waals surface area contributed by atoms with Gasteiger partial charge >= 0.3 is 0 Å². The Bertz CT molecular complexity index is 1260. The van der Waals surface area contributed by atoms with Crippen LogP contribution in [0.1, 0.15) is 22.3 Å². The van der Waals surface area contributed by atoms with E-state index in [9.17, 15) is 14.9 Å². The second kappa shape index (κ2) is 7.96. The molecule has 0 aliphatic heterocycles. The summed E-state index contributed by atoms with van der Waals surface area (Å²) in [5.74, 6) is 0.368. The first-order chi connectivity index (χ1) is 14.5. The summed E-state index contributed by atoms with van der Waals surface area (Å²) in [6.07, 6.45) is 1.78. The lowest BCUT2D eigenvalue weighted by Gasteiger charge is -2.10. The molecular formula is C21H18N4O4S. The van der Waals surface area contributed by atoms with Crippen molar-refractivity contribution in [3.63, 3.8) is 0 Å². The lowest BCUT2D eigenvalue weighted by molar-refractivity contribution is -0.384. The van der Waals surface area contributed by atoms with E-state index in [-0.39, 0.29) is 11.6 Å². The van der Waals surface area contributed by atoms with Crippen molar-refractivity contribution in [2.75, 3.05) is 11.9 Å². The summed E-state index contributed by atoms with van der Waals surface area (Å²) in [5.41, 5.74) is 2.61. The first-order valence-electron chi connectivity index (χ1n) is 9.24. The summed E-state index contributed by atoms with van der Waals surface area (Å²) in [6, 6.07) is 13.6. The fourth-order valence-electron chi connectivity index (χ4n) is 3.11. The van der Waals surface area contributed by atoms with Crippen molar-refractivity contribution in [2.45, 2.75) is 13.8 Å². The summed E-state index contributed by atoms with van der Waals surface area (Å²) in [4.78, 5) is 29.2. The molecule has 0 aliphatic rings. The van der Waals surface area contributed by atoms with E-state index in [1.165, 1.54) is 23.5 Å². The number of nitro benzene ring substituents is 1. The summed E-state index contributed by atoms with van der Waals surface area (Å²) >= 11 is 1.26. The zero-order valence-corrected chi connectivity index (χ0v) is 17.1. The summed E-state index contributed by atoms with van der Waals surface area (Å²) in [5, 5.41) is 13.9. The van der Waals surface area contributed by atoms with Gasteiger partial charge in [-0.25, -0.2) is 4.98 Å². The van der Waals surface area contributed by atoms with Gasteiger partial charge in [0, 0.05) is 29.6 Å². The molecule has 0 radical (unpaired) electrons. The molecule has 0 aliphatic carbocycles. The number of rotatable bonds is 6. The Labute approximate surface area is 175 Å². The van der Waals surface area contributed by atoms with Gasteiger partial charge in [-0.05, 0) is 26.0 Å². The van der Waals surface area contributed by atoms with Crippen LogP contribution in [-0.2, 0) is 0 Å². The molecule has 9 heteroatoms. The number of anilines is 1. The van der Waals surface area contributed by atoms with Crippen LogP contribution in [0.25, 0.3) is 16.2 Å². The molecule has 8 nitrogen and oxygen atoms in total. The van der Waals surface area contributed by atoms with E-state index in [1.54, 1.807) is 30.5 Å². The van der Waals surface area contributed by atoms with Gasteiger partial charge in [0.1, 0.15) is 10.6 Å². The van der Waals surface area contributed by atoms with Gasteiger partial charge in [0.05, 0.1) is 22.9 Å². The zero-order chi connectivity index (χ0) is 21.3. The monoisotopic (exact) mass is 422 g/mol. The molecule has 4 aromatic rings. The van der Waals surface area contributed by atoms with Crippen molar-refractivity contribution in [1.29, 1.82) is 0 Å². The maximum atomic E-state index is 12.9. The third-order valence-electron chi connectivity index (χ3n) is 4.55. The Morgan fingerprint density at radius 3 is 2.80 bits per heavy atom. The molecule has 2 aromatic carbocycles. The number of carbonyl (C=O) groups excluding carboxylic acids is 1. The highest BCUT2D eigenvalue weighted by Crippen LogP contribution is 2.30. The molecule has 1 amide bonds. The predicted molar refractivity (Wildman–Crippen MR) is 115 cm³/mol. The third-order valence-corrected chi connectivity index (χ3v) is 5.71. The molecule has 0 spiro atoms. The summed E-state index contributed by atoms with van der Waals surface area (Å²) in [7, 11) is 0. The van der Waals surface area contributed by atoms with E-state index in [0.717, 1.165) is 5.69 Å². The first kappa shape index (κ1) is 19.6. The number of aryl methyl sites for hydroxylation is 1. The average Bonchev–Trinajstić information content (AvgIpc) is 3.29. The largest absolute Gasteiger partial charge is 0.492 e. The van der Waals surface area contributed by atoms with Gasteiger partial charge in [-0.3, -0.25) is 19.3 Å². The molecular weight excluding hydrogens is 404 g/mol. The molecule has 0 saturated carbocycles. The minimum Gasteiger partial charge on any atom is -0.492 e. The highest BCUT2D eigenvalue weighted by molar-refractivity contribution is 7.19. The highest BCUT2D eigenvalue weighted by atomic mass is 32.1. The first-order valence-corrected chi connectivity index (χ1v) is 10.1. The number of fused-ring (bicyclic) bond motifs is 1. The van der Waals surface area contributed by atoms with Crippen LogP contribution in [0, 0.1) is 17.0 Å². The van der Waals surface area contributed by atoms with Crippen LogP contribution >= 0.6 is 11.3 Å². The van der Waals surface area contributed by atoms with Crippen LogP contribution in [0.5, 0.6) is 5.75 Å². The molecule has 4 rings (SSSR count). The summed E-state index contributed by atoms with van der Waals surface area (Å²) < 4.78 is 7.38. The lowest BCUT2D eigenvalue weighted by atomic mass is 10.1. The number of thiazole rings is 1. The van der Waals surface area contributed by atoms with Crippen LogP contribution in [0.3, 0.4) is 0 Å². The Balaban J connectivity index is 1.64. The molecule has 0 atom stereocenters. The highest BCUT2D eigenvalue weighted by Gasteiger charge is 2.20. The van der Waals surface area contributed by atoms with Gasteiger partial charge < -0.3 is 10.1 Å². The number of benzene rings is 2. The van der Waals surface area contributed by atoms with E-state index >= 15 is 0 Å². The zero-order valence-electron chi connectivity index (χ0n) is 16.3. The van der Waals surface area contributed by atoms with Gasteiger partial charge in [-0.1, -0.05) is 35.6 Å². The van der Waals surface area contributed by atoms with Crippen molar-refractivity contribution in [1.82, 2.24) is 9.38 Å². The van der Waals surface area contributed by atoms with E-state index in [4.69, 9.17) is 4.74 Å². The average molecular weight is 422 g/mol. The van der Waals surface area contributed by atoms with Crippen molar-refractivity contribution >= 4 is 33.6 Å². The number of carbonyl (C=O) groups is 1. The van der Waals surface area contributed by atoms with E-state index in [0.29, 0.717) is 39.1 Å². The van der Waals surface area contributed by atoms with Gasteiger partial charge in [0.25, 0.3) is 11.6 Å². The predicted octanol–water partition coefficient (Wildman–Crippen LogP) is 4.93. The molecule has 0 saturated heterocycles. The van der Waals surface area contributed by atoms with Gasteiger partial charge in [-0.15, -0.1) is 0 Å². The maximum absolute atomic E-state index is 12.9. The van der Waals surface area contributed by atoms with Gasteiger partial charge in [-0.2, -0.15) is 0 Å². The number of ether oxygens (including phenoxy) is 1. The Hall–Kier alpha value is -3.72. The normalized spacial score (nSPS) is 10.9. The third kappa shape index (κ3) is 3.62. The number of hydrogen-bond donors (Lipinski definition) is 1. The fraction of sp³-hybridized carbons (Fsp3) is 0.143. The van der Waals surface area contributed by atoms with Crippen LogP contribution in [0.2, 0.25) is 0 Å². The van der Waals surface area contributed by atoms with Crippen LogP contribution < -0.4 is 10.1 Å². The molecule has 2 heterocycles. The number of non-ortho nitro benzene ring substituents is 1. The van der Waals surface area contributed by atoms with Crippen LogP contribution in [0.15, 0.2) is 54.7 Å². The molecule has 30 heavy (non-hydrogen) atoms. The summed E-state index contributed by atoms with van der Waals surface area (Å²) in [6.45, 7) is 4.22. The number of hydrogen-bond acceptors (Lipinski definition) is 6. The number of nitro groups is 1. The second-order valence-electron chi connectivity index (χ2n) is 6.49. The van der Waals surface area contributed by atoms with Crippen molar-refractivity contribution in [3.05, 3.63) is 75.4 Å². The number of nitrogens with one attached hydrogen (secondary N) is 1. The Morgan fingerprint density at radius 1 is 1.27 bits per heavy atom. The van der Waals surface area contributed by atoms with E-state index in [1.807, 2.05) is 30.4 Å². The van der Waals surface area contributed by atoms with E-state index in [2.05, 4.69) is 10.3 Å². The quantitative estimate of drug-likeness (QED) is 0.351. The molecule has 0 bridgehead atoms. The van der Waals surface area contributed by atoms with Crippen molar-refractivity contribution in [2.24, 2.45) is 0 Å². The van der Waals surface area contributed by atoms with Crippen molar-refractivity contribution < 1.29 is 14.5 Å². The SMILES string of the molecule is CCOc1ccccc1NC(=O)c1sc2nc(-c3cccc([N+](=O)[O-])c3)cn2c1C. The topological polar surface area (TPSA) is 98.8 Å². The lowest BCUT2D eigenvalue weighted by Crippen LogP contribution is -2.13. The fourth-order valence-corrected chi connectivity index (χ4v) is 4.11. The Morgan fingerprint density at radius 2 is 2.07 bits per heavy atom. The molecule has 1 N–H and O–H groups in total. The number of amides is 1. The molecule has 152 valence electrons. The number of para-hydroxylation sites is 2. The van der Waals surface area contributed by atoms with Gasteiger partial charge in [0.15, 0.2) is 4.96 Å².